The Kier molecular flexibility index (Phi) is 6.04. The molecule has 7 heteroatoms. The van der Waals surface area contributed by atoms with Crippen LogP contribution in [0.4, 0.5) is 0 Å². The molecule has 0 amide bonds. The molecular weight excluding hydrogens is 256 g/mol. The van der Waals surface area contributed by atoms with Crippen LogP contribution in [-0.2, 0) is 14.8 Å². The Bertz CT molecular complexity index is 361. The van der Waals surface area contributed by atoms with Gasteiger partial charge in [0, 0.05) is 13.1 Å². The Morgan fingerprint density at radius 3 is 2.50 bits per heavy atom. The Morgan fingerprint density at radius 1 is 1.39 bits per heavy atom. The molecule has 1 fully saturated rings. The van der Waals surface area contributed by atoms with Gasteiger partial charge in [0.15, 0.2) is 0 Å². The third-order valence-corrected chi connectivity index (χ3v) is 5.10. The van der Waals surface area contributed by atoms with Gasteiger partial charge < -0.3 is 10.4 Å². The fraction of sp³-hybridized carbons (Fsp3) is 0.909. The molecule has 106 valence electrons. The predicted octanol–water partition coefficient (Wildman–Crippen LogP) is 0.112. The van der Waals surface area contributed by atoms with E-state index in [-0.39, 0.29) is 12.2 Å². The standard InChI is InChI=1S/C11H22N2O4S/c1-2-12-9-10-3-6-13(7-4-10)18(16,17)8-5-11(14)15/h10,12H,2-9H2,1H3,(H,14,15). The average molecular weight is 278 g/mol. The number of nitrogens with one attached hydrogen (secondary N) is 1. The Hall–Kier alpha value is -0.660. The first-order valence-corrected chi connectivity index (χ1v) is 7.97. The first-order valence-electron chi connectivity index (χ1n) is 6.36. The number of carbonyl (C=O) groups is 1. The number of hydrogen-bond donors (Lipinski definition) is 2. The summed E-state index contributed by atoms with van der Waals surface area (Å²) >= 11 is 0. The van der Waals surface area contributed by atoms with Crippen LogP contribution in [-0.4, -0.2) is 55.7 Å². The summed E-state index contributed by atoms with van der Waals surface area (Å²) in [4.78, 5) is 10.4. The van der Waals surface area contributed by atoms with Gasteiger partial charge in [0.2, 0.25) is 10.0 Å². The molecule has 2 N–H and O–H groups in total. The molecule has 0 saturated carbocycles. The van der Waals surface area contributed by atoms with E-state index in [0.29, 0.717) is 19.0 Å². The van der Waals surface area contributed by atoms with Crippen LogP contribution < -0.4 is 5.32 Å². The summed E-state index contributed by atoms with van der Waals surface area (Å²) < 4.78 is 25.1. The van der Waals surface area contributed by atoms with Crippen LogP contribution in [0.2, 0.25) is 0 Å². The third kappa shape index (κ3) is 4.91. The van der Waals surface area contributed by atoms with Crippen molar-refractivity contribution in [2.45, 2.75) is 26.2 Å². The topological polar surface area (TPSA) is 86.7 Å². The van der Waals surface area contributed by atoms with Gasteiger partial charge in [-0.3, -0.25) is 4.79 Å². The third-order valence-electron chi connectivity index (χ3n) is 3.22. The van der Waals surface area contributed by atoms with Crippen LogP contribution in [0.3, 0.4) is 0 Å². The number of piperidine rings is 1. The van der Waals surface area contributed by atoms with E-state index in [2.05, 4.69) is 5.32 Å². The second kappa shape index (κ2) is 7.06. The Labute approximate surface area is 108 Å². The number of carboxylic acid groups (broad SMARTS) is 1. The molecule has 0 spiro atoms. The van der Waals surface area contributed by atoms with Crippen molar-refractivity contribution in [1.82, 2.24) is 9.62 Å². The van der Waals surface area contributed by atoms with Crippen molar-refractivity contribution in [1.29, 1.82) is 0 Å². The van der Waals surface area contributed by atoms with Gasteiger partial charge in [0.1, 0.15) is 0 Å². The van der Waals surface area contributed by atoms with Gasteiger partial charge in [0.25, 0.3) is 0 Å². The summed E-state index contributed by atoms with van der Waals surface area (Å²) in [6, 6.07) is 0. The molecule has 1 saturated heterocycles. The molecule has 1 aliphatic rings. The zero-order valence-electron chi connectivity index (χ0n) is 10.8. The van der Waals surface area contributed by atoms with Crippen molar-refractivity contribution in [3.63, 3.8) is 0 Å². The number of nitrogens with zero attached hydrogens (tertiary/aromatic N) is 1. The molecule has 0 aromatic carbocycles. The zero-order valence-corrected chi connectivity index (χ0v) is 11.6. The molecule has 1 aliphatic heterocycles. The van der Waals surface area contributed by atoms with E-state index in [4.69, 9.17) is 5.11 Å². The number of carboxylic acids is 1. The second-order valence-corrected chi connectivity index (χ2v) is 6.70. The van der Waals surface area contributed by atoms with Gasteiger partial charge in [-0.2, -0.15) is 0 Å². The molecule has 1 rings (SSSR count). The van der Waals surface area contributed by atoms with Crippen molar-refractivity contribution < 1.29 is 18.3 Å². The summed E-state index contributed by atoms with van der Waals surface area (Å²) in [7, 11) is -3.39. The van der Waals surface area contributed by atoms with Crippen molar-refractivity contribution in [3.05, 3.63) is 0 Å². The van der Waals surface area contributed by atoms with Crippen LogP contribution in [0.25, 0.3) is 0 Å². The van der Waals surface area contributed by atoms with E-state index >= 15 is 0 Å². The fourth-order valence-corrected chi connectivity index (χ4v) is 3.54. The molecule has 0 aromatic heterocycles. The normalized spacial score (nSPS) is 18.9. The van der Waals surface area contributed by atoms with Crippen LogP contribution in [0, 0.1) is 5.92 Å². The summed E-state index contributed by atoms with van der Waals surface area (Å²) in [6.07, 6.45) is 1.37. The minimum atomic E-state index is -3.39. The maximum absolute atomic E-state index is 11.9. The van der Waals surface area contributed by atoms with E-state index in [1.165, 1.54) is 4.31 Å². The molecule has 18 heavy (non-hydrogen) atoms. The summed E-state index contributed by atoms with van der Waals surface area (Å²) in [5.41, 5.74) is 0. The molecule has 0 radical (unpaired) electrons. The maximum Gasteiger partial charge on any atom is 0.304 e. The van der Waals surface area contributed by atoms with Crippen LogP contribution in [0.1, 0.15) is 26.2 Å². The minimum Gasteiger partial charge on any atom is -0.481 e. The highest BCUT2D eigenvalue weighted by atomic mass is 32.2. The predicted molar refractivity (Wildman–Crippen MR) is 68.9 cm³/mol. The molecule has 0 unspecified atom stereocenters. The van der Waals surface area contributed by atoms with Gasteiger partial charge in [0.05, 0.1) is 12.2 Å². The lowest BCUT2D eigenvalue weighted by atomic mass is 9.98. The first-order chi connectivity index (χ1) is 8.45. The van der Waals surface area contributed by atoms with Gasteiger partial charge >= 0.3 is 5.97 Å². The molecule has 0 atom stereocenters. The summed E-state index contributed by atoms with van der Waals surface area (Å²) in [6.45, 7) is 4.93. The lowest BCUT2D eigenvalue weighted by molar-refractivity contribution is -0.136. The van der Waals surface area contributed by atoms with E-state index in [1.54, 1.807) is 0 Å². The maximum atomic E-state index is 11.9. The van der Waals surface area contributed by atoms with E-state index in [9.17, 15) is 13.2 Å². The summed E-state index contributed by atoms with van der Waals surface area (Å²) in [5, 5.41) is 11.8. The highest BCUT2D eigenvalue weighted by Gasteiger charge is 2.27. The van der Waals surface area contributed by atoms with Crippen molar-refractivity contribution in [2.75, 3.05) is 31.9 Å². The largest absolute Gasteiger partial charge is 0.481 e. The first kappa shape index (κ1) is 15.4. The SMILES string of the molecule is CCNCC1CCN(S(=O)(=O)CCC(=O)O)CC1. The van der Waals surface area contributed by atoms with E-state index < -0.39 is 16.0 Å². The Morgan fingerprint density at radius 2 is 2.00 bits per heavy atom. The van der Waals surface area contributed by atoms with Crippen LogP contribution >= 0.6 is 0 Å². The molecule has 6 nitrogen and oxygen atoms in total. The van der Waals surface area contributed by atoms with Crippen molar-refractivity contribution in [3.8, 4) is 0 Å². The lowest BCUT2D eigenvalue weighted by Crippen LogP contribution is -2.42. The lowest BCUT2D eigenvalue weighted by Gasteiger charge is -2.31. The van der Waals surface area contributed by atoms with E-state index in [0.717, 1.165) is 25.9 Å². The van der Waals surface area contributed by atoms with Crippen molar-refractivity contribution in [2.24, 2.45) is 5.92 Å². The van der Waals surface area contributed by atoms with Gasteiger partial charge in [-0.15, -0.1) is 0 Å². The molecule has 1 heterocycles. The highest BCUT2D eigenvalue weighted by molar-refractivity contribution is 7.89. The van der Waals surface area contributed by atoms with Gasteiger partial charge in [-0.05, 0) is 31.8 Å². The molecule has 0 aliphatic carbocycles. The van der Waals surface area contributed by atoms with Crippen molar-refractivity contribution >= 4 is 16.0 Å². The highest BCUT2D eigenvalue weighted by Crippen LogP contribution is 2.19. The second-order valence-electron chi connectivity index (χ2n) is 4.61. The van der Waals surface area contributed by atoms with Crippen LogP contribution in [0.15, 0.2) is 0 Å². The van der Waals surface area contributed by atoms with Gasteiger partial charge in [-0.1, -0.05) is 6.92 Å². The number of rotatable bonds is 7. The monoisotopic (exact) mass is 278 g/mol. The number of aliphatic carboxylic acids is 1. The van der Waals surface area contributed by atoms with E-state index in [1.807, 2.05) is 6.92 Å². The number of hydrogen-bond acceptors (Lipinski definition) is 4. The minimum absolute atomic E-state index is 0.291. The smallest absolute Gasteiger partial charge is 0.304 e. The average Bonchev–Trinajstić information content (AvgIpc) is 2.34. The molecular formula is C11H22N2O4S. The molecule has 0 bridgehead atoms. The zero-order chi connectivity index (χ0) is 13.6. The molecule has 0 aromatic rings. The number of sulfonamides is 1. The quantitative estimate of drug-likeness (QED) is 0.690. The summed E-state index contributed by atoms with van der Waals surface area (Å²) in [5.74, 6) is -0.836. The fourth-order valence-electron chi connectivity index (χ4n) is 2.09. The Balaban J connectivity index is 2.39. The van der Waals surface area contributed by atoms with Crippen LogP contribution in [0.5, 0.6) is 0 Å². The van der Waals surface area contributed by atoms with Gasteiger partial charge in [-0.25, -0.2) is 12.7 Å².